The first-order valence-corrected chi connectivity index (χ1v) is 5.25. The molecule has 0 rings (SSSR count). The van der Waals surface area contributed by atoms with Crippen LogP contribution in [0.15, 0.2) is 5.16 Å². The molecular formula is C10H22N4O2. The van der Waals surface area contributed by atoms with Crippen LogP contribution in [-0.2, 0) is 4.79 Å². The zero-order valence-electron chi connectivity index (χ0n) is 10.4. The average molecular weight is 230 g/mol. The second-order valence-electron chi connectivity index (χ2n) is 4.85. The molecule has 6 nitrogen and oxygen atoms in total. The Balaban J connectivity index is 3.79. The SMILES string of the molecule is CC(CNCC(=O)NC(C)(C)C)C(N)=NO. The number of hydrogen-bond acceptors (Lipinski definition) is 4. The lowest BCUT2D eigenvalue weighted by atomic mass is 10.1. The number of oxime groups is 1. The van der Waals surface area contributed by atoms with Crippen molar-refractivity contribution in [2.24, 2.45) is 16.8 Å². The first kappa shape index (κ1) is 14.7. The molecule has 0 aromatic carbocycles. The number of nitrogens with two attached hydrogens (primary N) is 1. The van der Waals surface area contributed by atoms with Crippen LogP contribution in [0.1, 0.15) is 27.7 Å². The van der Waals surface area contributed by atoms with E-state index in [1.165, 1.54) is 0 Å². The normalized spacial score (nSPS) is 14.6. The van der Waals surface area contributed by atoms with Gasteiger partial charge in [0.2, 0.25) is 5.91 Å². The summed E-state index contributed by atoms with van der Waals surface area (Å²) in [7, 11) is 0. The van der Waals surface area contributed by atoms with E-state index in [1.54, 1.807) is 0 Å². The monoisotopic (exact) mass is 230 g/mol. The predicted molar refractivity (Wildman–Crippen MR) is 63.3 cm³/mol. The third-order valence-electron chi connectivity index (χ3n) is 1.87. The highest BCUT2D eigenvalue weighted by Gasteiger charge is 2.13. The third kappa shape index (κ3) is 7.05. The maximum atomic E-state index is 11.4. The zero-order valence-corrected chi connectivity index (χ0v) is 10.4. The molecule has 0 aliphatic heterocycles. The Labute approximate surface area is 96.3 Å². The fourth-order valence-corrected chi connectivity index (χ4v) is 1.07. The number of carbonyl (C=O) groups is 1. The van der Waals surface area contributed by atoms with Crippen LogP contribution >= 0.6 is 0 Å². The van der Waals surface area contributed by atoms with Crippen molar-refractivity contribution in [1.82, 2.24) is 10.6 Å². The van der Waals surface area contributed by atoms with E-state index in [9.17, 15) is 4.79 Å². The quantitative estimate of drug-likeness (QED) is 0.229. The summed E-state index contributed by atoms with van der Waals surface area (Å²) in [4.78, 5) is 11.4. The molecule has 5 N–H and O–H groups in total. The molecule has 0 radical (unpaired) electrons. The van der Waals surface area contributed by atoms with Gasteiger partial charge in [-0.1, -0.05) is 12.1 Å². The molecule has 0 aromatic rings. The molecule has 0 saturated carbocycles. The van der Waals surface area contributed by atoms with Crippen LogP contribution in [0.25, 0.3) is 0 Å². The van der Waals surface area contributed by atoms with E-state index in [4.69, 9.17) is 10.9 Å². The van der Waals surface area contributed by atoms with Gasteiger partial charge >= 0.3 is 0 Å². The highest BCUT2D eigenvalue weighted by atomic mass is 16.4. The average Bonchev–Trinajstić information content (AvgIpc) is 2.13. The van der Waals surface area contributed by atoms with E-state index in [-0.39, 0.29) is 29.7 Å². The summed E-state index contributed by atoms with van der Waals surface area (Å²) in [5.41, 5.74) is 5.17. The number of carbonyl (C=O) groups excluding carboxylic acids is 1. The maximum absolute atomic E-state index is 11.4. The predicted octanol–water partition coefficient (Wildman–Crippen LogP) is -0.127. The second kappa shape index (κ2) is 6.32. The van der Waals surface area contributed by atoms with Crippen molar-refractivity contribution < 1.29 is 10.0 Å². The van der Waals surface area contributed by atoms with Gasteiger partial charge in [0, 0.05) is 18.0 Å². The van der Waals surface area contributed by atoms with Gasteiger partial charge in [0.25, 0.3) is 0 Å². The van der Waals surface area contributed by atoms with Crippen LogP contribution in [0.3, 0.4) is 0 Å². The lowest BCUT2D eigenvalue weighted by Crippen LogP contribution is -2.45. The molecule has 1 amide bonds. The number of rotatable bonds is 5. The Morgan fingerprint density at radius 1 is 1.50 bits per heavy atom. The summed E-state index contributed by atoms with van der Waals surface area (Å²) in [6.07, 6.45) is 0. The first-order chi connectivity index (χ1) is 7.26. The Morgan fingerprint density at radius 2 is 2.06 bits per heavy atom. The van der Waals surface area contributed by atoms with Gasteiger partial charge < -0.3 is 21.6 Å². The molecule has 0 aliphatic carbocycles. The van der Waals surface area contributed by atoms with Gasteiger partial charge in [0.1, 0.15) is 5.84 Å². The standard InChI is InChI=1S/C10H22N4O2/c1-7(9(11)14-16)5-12-6-8(15)13-10(2,3)4/h7,12,16H,5-6H2,1-4H3,(H2,11,14)(H,13,15). The van der Waals surface area contributed by atoms with Crippen molar-refractivity contribution in [3.63, 3.8) is 0 Å². The molecule has 1 unspecified atom stereocenters. The van der Waals surface area contributed by atoms with Crippen LogP contribution in [0.4, 0.5) is 0 Å². The fourth-order valence-electron chi connectivity index (χ4n) is 1.07. The van der Waals surface area contributed by atoms with Gasteiger partial charge in [-0.3, -0.25) is 4.79 Å². The molecule has 0 aromatic heterocycles. The molecule has 0 aliphatic rings. The highest BCUT2D eigenvalue weighted by Crippen LogP contribution is 1.97. The van der Waals surface area contributed by atoms with Gasteiger partial charge in [-0.05, 0) is 20.8 Å². The molecule has 16 heavy (non-hydrogen) atoms. The first-order valence-electron chi connectivity index (χ1n) is 5.25. The van der Waals surface area contributed by atoms with Crippen molar-refractivity contribution in [3.8, 4) is 0 Å². The maximum Gasteiger partial charge on any atom is 0.234 e. The van der Waals surface area contributed by atoms with Crippen molar-refractivity contribution in [1.29, 1.82) is 0 Å². The number of nitrogens with zero attached hydrogens (tertiary/aromatic N) is 1. The van der Waals surface area contributed by atoms with E-state index < -0.39 is 0 Å². The summed E-state index contributed by atoms with van der Waals surface area (Å²) >= 11 is 0. The molecule has 0 bridgehead atoms. The molecule has 94 valence electrons. The molecule has 6 heteroatoms. The molecule has 0 spiro atoms. The molecule has 0 heterocycles. The van der Waals surface area contributed by atoms with E-state index in [2.05, 4.69) is 15.8 Å². The largest absolute Gasteiger partial charge is 0.409 e. The van der Waals surface area contributed by atoms with E-state index in [0.29, 0.717) is 6.54 Å². The van der Waals surface area contributed by atoms with E-state index >= 15 is 0 Å². The second-order valence-corrected chi connectivity index (χ2v) is 4.85. The van der Waals surface area contributed by atoms with Crippen molar-refractivity contribution >= 4 is 11.7 Å². The van der Waals surface area contributed by atoms with Crippen LogP contribution in [0.5, 0.6) is 0 Å². The van der Waals surface area contributed by atoms with E-state index in [1.807, 2.05) is 27.7 Å². The minimum Gasteiger partial charge on any atom is -0.409 e. The van der Waals surface area contributed by atoms with Crippen molar-refractivity contribution in [2.75, 3.05) is 13.1 Å². The van der Waals surface area contributed by atoms with Crippen molar-refractivity contribution in [3.05, 3.63) is 0 Å². The van der Waals surface area contributed by atoms with Gasteiger partial charge in [0.15, 0.2) is 0 Å². The van der Waals surface area contributed by atoms with Gasteiger partial charge in [0.05, 0.1) is 6.54 Å². The number of amides is 1. The summed E-state index contributed by atoms with van der Waals surface area (Å²) in [5.74, 6) is -0.0182. The Hall–Kier alpha value is -1.30. The lowest BCUT2D eigenvalue weighted by Gasteiger charge is -2.20. The van der Waals surface area contributed by atoms with Crippen molar-refractivity contribution in [2.45, 2.75) is 33.2 Å². The van der Waals surface area contributed by atoms with Crippen LogP contribution in [-0.4, -0.2) is 35.6 Å². The summed E-state index contributed by atoms with van der Waals surface area (Å²) < 4.78 is 0. The Morgan fingerprint density at radius 3 is 2.50 bits per heavy atom. The highest BCUT2D eigenvalue weighted by molar-refractivity contribution is 5.82. The third-order valence-corrected chi connectivity index (χ3v) is 1.87. The molecule has 0 saturated heterocycles. The van der Waals surface area contributed by atoms with Gasteiger partial charge in [-0.25, -0.2) is 0 Å². The smallest absolute Gasteiger partial charge is 0.234 e. The number of hydrogen-bond donors (Lipinski definition) is 4. The number of nitrogens with one attached hydrogen (secondary N) is 2. The molecule has 0 fully saturated rings. The van der Waals surface area contributed by atoms with Gasteiger partial charge in [-0.2, -0.15) is 0 Å². The Bertz CT molecular complexity index is 258. The zero-order chi connectivity index (χ0) is 12.8. The van der Waals surface area contributed by atoms with Crippen LogP contribution in [0.2, 0.25) is 0 Å². The molecular weight excluding hydrogens is 208 g/mol. The summed E-state index contributed by atoms with van der Waals surface area (Å²) in [6, 6.07) is 0. The topological polar surface area (TPSA) is 99.7 Å². The van der Waals surface area contributed by atoms with Gasteiger partial charge in [-0.15, -0.1) is 0 Å². The number of amidine groups is 1. The minimum absolute atomic E-state index is 0.0702. The minimum atomic E-state index is -0.226. The summed E-state index contributed by atoms with van der Waals surface area (Å²) in [5, 5.41) is 17.1. The van der Waals surface area contributed by atoms with E-state index in [0.717, 1.165) is 0 Å². The van der Waals surface area contributed by atoms with Crippen LogP contribution < -0.4 is 16.4 Å². The lowest BCUT2D eigenvalue weighted by molar-refractivity contribution is -0.121. The summed E-state index contributed by atoms with van der Waals surface area (Å²) in [6.45, 7) is 8.29. The van der Waals surface area contributed by atoms with Crippen LogP contribution in [0, 0.1) is 5.92 Å². The Kier molecular flexibility index (Phi) is 5.81. The fraction of sp³-hybridized carbons (Fsp3) is 0.800. The molecule has 1 atom stereocenters.